The van der Waals surface area contributed by atoms with Gasteiger partial charge in [0.25, 0.3) is 0 Å². The van der Waals surface area contributed by atoms with Crippen molar-refractivity contribution in [3.05, 3.63) is 175 Å². The van der Waals surface area contributed by atoms with Crippen molar-refractivity contribution in [2.75, 3.05) is 0 Å². The highest BCUT2D eigenvalue weighted by molar-refractivity contribution is 6.21. The van der Waals surface area contributed by atoms with Crippen LogP contribution in [0, 0.1) is 11.3 Å². The lowest BCUT2D eigenvalue weighted by atomic mass is 10.0. The molecule has 0 radical (unpaired) electrons. The molecule has 4 aromatic heterocycles. The molecule has 0 N–H and O–H groups in total. The van der Waals surface area contributed by atoms with Gasteiger partial charge in [-0.3, -0.25) is 0 Å². The summed E-state index contributed by atoms with van der Waals surface area (Å²) in [6.07, 6.45) is 0. The number of nitriles is 1. The van der Waals surface area contributed by atoms with Gasteiger partial charge in [0.15, 0.2) is 5.58 Å². The molecule has 0 amide bonds. The molecule has 0 fully saturated rings. The van der Waals surface area contributed by atoms with E-state index in [0.29, 0.717) is 11.1 Å². The summed E-state index contributed by atoms with van der Waals surface area (Å²) in [4.78, 5) is 0. The Balaban J connectivity index is 1.43. The van der Waals surface area contributed by atoms with E-state index >= 15 is 0 Å². The molecule has 0 aliphatic carbocycles. The van der Waals surface area contributed by atoms with E-state index in [1.54, 1.807) is 0 Å². The highest BCUT2D eigenvalue weighted by Crippen LogP contribution is 2.49. The largest absolute Gasteiger partial charge is 0.454 e. The second-order valence-corrected chi connectivity index (χ2v) is 13.9. The fraction of sp³-hybridized carbons (Fsp3) is 0. The molecular formula is C49H28N4O. The third-order valence-electron chi connectivity index (χ3n) is 11.3. The maximum absolute atomic E-state index is 11.8. The number of aromatic nitrogens is 3. The van der Waals surface area contributed by atoms with Crippen LogP contribution in [0.25, 0.3) is 104 Å². The van der Waals surface area contributed by atoms with Crippen molar-refractivity contribution in [3.63, 3.8) is 0 Å². The molecule has 250 valence electrons. The van der Waals surface area contributed by atoms with Crippen LogP contribution in [0.1, 0.15) is 5.56 Å². The van der Waals surface area contributed by atoms with Crippen molar-refractivity contribution in [1.29, 1.82) is 5.26 Å². The van der Waals surface area contributed by atoms with Crippen molar-refractivity contribution in [3.8, 4) is 23.1 Å². The molecule has 12 aromatic rings. The van der Waals surface area contributed by atoms with Crippen LogP contribution in [0.2, 0.25) is 0 Å². The van der Waals surface area contributed by atoms with Crippen LogP contribution in [0.15, 0.2) is 174 Å². The Labute approximate surface area is 308 Å². The topological polar surface area (TPSA) is 51.7 Å². The molecule has 54 heavy (non-hydrogen) atoms. The first-order valence-electron chi connectivity index (χ1n) is 18.2. The number of nitrogens with zero attached hydrogens (tertiary/aromatic N) is 4. The standard InChI is InChI=1S/C49H28N4O/c50-29-37-46(51-38-22-8-1-15-30(38)31-16-2-9-23-39(31)51)48(53-42-26-12-5-19-34(42)35-20-6-13-27-43(35)53)45-36-21-7-14-28-44(36)54-49(45)47(37)52-40-24-10-3-17-32(40)33-18-4-11-25-41(33)52/h1-28H. The minimum absolute atomic E-state index is 0.524. The number of rotatable bonds is 3. The minimum atomic E-state index is 0.524. The fourth-order valence-corrected chi connectivity index (χ4v) is 9.15. The zero-order chi connectivity index (χ0) is 35.5. The van der Waals surface area contributed by atoms with Gasteiger partial charge >= 0.3 is 0 Å². The van der Waals surface area contributed by atoms with Crippen LogP contribution in [0.5, 0.6) is 0 Å². The van der Waals surface area contributed by atoms with E-state index in [4.69, 9.17) is 4.42 Å². The Bertz CT molecular complexity index is 3420. The van der Waals surface area contributed by atoms with Gasteiger partial charge in [-0.1, -0.05) is 127 Å². The number of fused-ring (bicyclic) bond motifs is 12. The zero-order valence-electron chi connectivity index (χ0n) is 28.9. The third kappa shape index (κ3) is 3.66. The average molecular weight is 689 g/mol. The van der Waals surface area contributed by atoms with Crippen LogP contribution < -0.4 is 0 Å². The molecule has 0 spiro atoms. The maximum Gasteiger partial charge on any atom is 0.163 e. The highest BCUT2D eigenvalue weighted by Gasteiger charge is 2.32. The molecule has 0 saturated heterocycles. The maximum atomic E-state index is 11.8. The molecule has 4 heterocycles. The first kappa shape index (κ1) is 29.1. The number of para-hydroxylation sites is 7. The fourth-order valence-electron chi connectivity index (χ4n) is 9.15. The van der Waals surface area contributed by atoms with E-state index in [1.165, 1.54) is 0 Å². The molecule has 0 atom stereocenters. The number of benzene rings is 8. The van der Waals surface area contributed by atoms with Gasteiger partial charge in [-0.15, -0.1) is 0 Å². The summed E-state index contributed by atoms with van der Waals surface area (Å²) in [6.45, 7) is 0. The third-order valence-corrected chi connectivity index (χ3v) is 11.3. The molecule has 0 bridgehead atoms. The summed E-state index contributed by atoms with van der Waals surface area (Å²) in [7, 11) is 0. The summed E-state index contributed by atoms with van der Waals surface area (Å²) < 4.78 is 14.0. The average Bonchev–Trinajstić information content (AvgIpc) is 3.97. The van der Waals surface area contributed by atoms with E-state index in [0.717, 1.165) is 98.8 Å². The van der Waals surface area contributed by atoms with Gasteiger partial charge in [0.1, 0.15) is 22.9 Å². The van der Waals surface area contributed by atoms with Crippen LogP contribution in [0.3, 0.4) is 0 Å². The van der Waals surface area contributed by atoms with Crippen LogP contribution in [0.4, 0.5) is 0 Å². The van der Waals surface area contributed by atoms with Crippen LogP contribution in [-0.2, 0) is 0 Å². The Hall–Kier alpha value is -7.55. The number of hydrogen-bond donors (Lipinski definition) is 0. The monoisotopic (exact) mass is 688 g/mol. The van der Waals surface area contributed by atoms with Crippen molar-refractivity contribution in [2.24, 2.45) is 0 Å². The van der Waals surface area contributed by atoms with Gasteiger partial charge < -0.3 is 18.1 Å². The lowest BCUT2D eigenvalue weighted by molar-refractivity contribution is 0.666. The predicted octanol–water partition coefficient (Wildman–Crippen LogP) is 12.7. The quantitative estimate of drug-likeness (QED) is 0.185. The second-order valence-electron chi connectivity index (χ2n) is 13.9. The second kappa shape index (κ2) is 10.7. The van der Waals surface area contributed by atoms with Crippen LogP contribution in [-0.4, -0.2) is 13.7 Å². The Morgan fingerprint density at radius 1 is 0.352 bits per heavy atom. The first-order valence-corrected chi connectivity index (χ1v) is 18.2. The molecule has 5 nitrogen and oxygen atoms in total. The van der Waals surface area contributed by atoms with E-state index in [1.807, 2.05) is 12.1 Å². The Morgan fingerprint density at radius 3 is 1.06 bits per heavy atom. The van der Waals surface area contributed by atoms with Gasteiger partial charge in [-0.05, 0) is 42.5 Å². The number of furan rings is 1. The first-order chi connectivity index (χ1) is 26.8. The van der Waals surface area contributed by atoms with Gasteiger partial charge in [-0.25, -0.2) is 0 Å². The summed E-state index contributed by atoms with van der Waals surface area (Å²) in [5.41, 5.74) is 10.6. The molecule has 8 aromatic carbocycles. The Morgan fingerprint density at radius 2 is 0.667 bits per heavy atom. The predicted molar refractivity (Wildman–Crippen MR) is 221 cm³/mol. The van der Waals surface area contributed by atoms with Gasteiger partial charge in [0.05, 0.1) is 49.9 Å². The van der Waals surface area contributed by atoms with Crippen molar-refractivity contribution in [2.45, 2.75) is 0 Å². The van der Waals surface area contributed by atoms with E-state index in [2.05, 4.69) is 177 Å². The zero-order valence-corrected chi connectivity index (χ0v) is 28.9. The highest BCUT2D eigenvalue weighted by atomic mass is 16.3. The van der Waals surface area contributed by atoms with Crippen LogP contribution >= 0.6 is 0 Å². The van der Waals surface area contributed by atoms with Gasteiger partial charge in [0.2, 0.25) is 0 Å². The molecule has 0 aliphatic heterocycles. The molecule has 0 saturated carbocycles. The SMILES string of the molecule is N#Cc1c(-n2c3ccccc3c3ccccc32)c(-n2c3ccccc3c3ccccc32)c2c(oc3ccccc32)c1-n1c2ccccc2c2ccccc21. The molecular weight excluding hydrogens is 661 g/mol. The summed E-state index contributed by atoms with van der Waals surface area (Å²) in [5, 5.41) is 20.5. The van der Waals surface area contributed by atoms with E-state index < -0.39 is 0 Å². The summed E-state index contributed by atoms with van der Waals surface area (Å²) in [5.74, 6) is 0. The smallest absolute Gasteiger partial charge is 0.163 e. The van der Waals surface area contributed by atoms with E-state index in [-0.39, 0.29) is 0 Å². The normalized spacial score (nSPS) is 12.1. The molecule has 0 unspecified atom stereocenters. The summed E-state index contributed by atoms with van der Waals surface area (Å²) in [6, 6.07) is 62.2. The van der Waals surface area contributed by atoms with Crippen molar-refractivity contribution >= 4 is 87.4 Å². The Kier molecular flexibility index (Phi) is 5.78. The van der Waals surface area contributed by atoms with E-state index in [9.17, 15) is 5.26 Å². The minimum Gasteiger partial charge on any atom is -0.454 e. The molecule has 12 rings (SSSR count). The lowest BCUT2D eigenvalue weighted by Crippen LogP contribution is -2.10. The molecule has 5 heteroatoms. The van der Waals surface area contributed by atoms with Crippen molar-refractivity contribution < 1.29 is 4.42 Å². The van der Waals surface area contributed by atoms with Gasteiger partial charge in [-0.2, -0.15) is 5.26 Å². The van der Waals surface area contributed by atoms with Crippen molar-refractivity contribution in [1.82, 2.24) is 13.7 Å². The summed E-state index contributed by atoms with van der Waals surface area (Å²) >= 11 is 0. The van der Waals surface area contributed by atoms with Gasteiger partial charge in [0, 0.05) is 37.7 Å². The lowest BCUT2D eigenvalue weighted by Gasteiger charge is -2.22. The molecule has 0 aliphatic rings. The number of hydrogen-bond acceptors (Lipinski definition) is 2.